The van der Waals surface area contributed by atoms with Gasteiger partial charge in [-0.3, -0.25) is 4.68 Å². The number of piperidine rings is 1. The van der Waals surface area contributed by atoms with Gasteiger partial charge in [-0.05, 0) is 78.8 Å². The maximum Gasteiger partial charge on any atom is 0.155 e. The van der Waals surface area contributed by atoms with Gasteiger partial charge in [0.2, 0.25) is 0 Å². The summed E-state index contributed by atoms with van der Waals surface area (Å²) in [7, 11) is 4.28. The first-order valence-electron chi connectivity index (χ1n) is 10.7. The number of likely N-dealkylation sites (tertiary alicyclic amines) is 1. The first kappa shape index (κ1) is 20.2. The molecular weight excluding hydrogens is 334 g/mol. The fourth-order valence-electron chi connectivity index (χ4n) is 3.94. The summed E-state index contributed by atoms with van der Waals surface area (Å²) in [5.74, 6) is 1.04. The van der Waals surface area contributed by atoms with Crippen LogP contribution >= 0.6 is 0 Å². The molecule has 5 heteroatoms. The van der Waals surface area contributed by atoms with Gasteiger partial charge in [0.1, 0.15) is 0 Å². The van der Waals surface area contributed by atoms with Crippen LogP contribution in [0, 0.1) is 0 Å². The number of para-hydroxylation sites is 1. The second-order valence-electron chi connectivity index (χ2n) is 8.35. The minimum absolute atomic E-state index is 0.551. The molecule has 1 aromatic carbocycles. The van der Waals surface area contributed by atoms with Gasteiger partial charge in [0.05, 0.1) is 5.52 Å². The molecule has 2 aromatic rings. The van der Waals surface area contributed by atoms with Crippen molar-refractivity contribution in [1.29, 1.82) is 0 Å². The molecule has 0 saturated carbocycles. The molecule has 0 radical (unpaired) electrons. The Balaban J connectivity index is 1.60. The van der Waals surface area contributed by atoms with E-state index in [2.05, 4.69) is 72.0 Å². The molecule has 1 saturated heterocycles. The van der Waals surface area contributed by atoms with E-state index < -0.39 is 0 Å². The van der Waals surface area contributed by atoms with Crippen LogP contribution in [0.15, 0.2) is 24.3 Å². The van der Waals surface area contributed by atoms with Gasteiger partial charge < -0.3 is 15.1 Å². The van der Waals surface area contributed by atoms with Crippen LogP contribution in [-0.2, 0) is 6.54 Å². The largest absolute Gasteiger partial charge is 0.368 e. The standard InChI is InChI=1S/C22H37N5/c1-18(25(3)4)13-17-27-21-11-7-6-10-20(21)22(24-27)23-14-12-19(2)26-15-8-5-9-16-26/h6-7,10-11,18-19H,5,8-9,12-17H2,1-4H3,(H,23,24). The van der Waals surface area contributed by atoms with Gasteiger partial charge in [-0.15, -0.1) is 0 Å². The summed E-state index contributed by atoms with van der Waals surface area (Å²) < 4.78 is 2.17. The Bertz CT molecular complexity index is 702. The smallest absolute Gasteiger partial charge is 0.155 e. The minimum Gasteiger partial charge on any atom is -0.368 e. The molecule has 2 unspecified atom stereocenters. The zero-order valence-corrected chi connectivity index (χ0v) is 17.6. The lowest BCUT2D eigenvalue weighted by Crippen LogP contribution is -2.38. The van der Waals surface area contributed by atoms with E-state index in [-0.39, 0.29) is 0 Å². The van der Waals surface area contributed by atoms with E-state index in [9.17, 15) is 0 Å². The molecule has 150 valence electrons. The third-order valence-electron chi connectivity index (χ3n) is 6.17. The van der Waals surface area contributed by atoms with E-state index in [1.807, 2.05) is 0 Å². The van der Waals surface area contributed by atoms with Crippen molar-refractivity contribution in [3.8, 4) is 0 Å². The van der Waals surface area contributed by atoms with Gasteiger partial charge in [-0.2, -0.15) is 5.10 Å². The van der Waals surface area contributed by atoms with Gasteiger partial charge in [-0.1, -0.05) is 18.6 Å². The van der Waals surface area contributed by atoms with Gasteiger partial charge in [0.25, 0.3) is 0 Å². The molecule has 5 nitrogen and oxygen atoms in total. The zero-order chi connectivity index (χ0) is 19.2. The Labute approximate surface area is 164 Å². The summed E-state index contributed by atoms with van der Waals surface area (Å²) in [5.41, 5.74) is 1.23. The summed E-state index contributed by atoms with van der Waals surface area (Å²) in [6, 6.07) is 9.78. The van der Waals surface area contributed by atoms with Gasteiger partial charge in [0, 0.05) is 30.6 Å². The van der Waals surface area contributed by atoms with Crippen molar-refractivity contribution in [1.82, 2.24) is 19.6 Å². The number of benzene rings is 1. The van der Waals surface area contributed by atoms with Gasteiger partial charge >= 0.3 is 0 Å². The SMILES string of the molecule is CC(CCn1nc(NCCC(C)N2CCCCC2)c2ccccc21)N(C)C. The normalized spacial score (nSPS) is 18.1. The highest BCUT2D eigenvalue weighted by Gasteiger charge is 2.17. The topological polar surface area (TPSA) is 36.3 Å². The number of nitrogens with zero attached hydrogens (tertiary/aromatic N) is 4. The number of anilines is 1. The second kappa shape index (κ2) is 9.56. The predicted octanol–water partition coefficient (Wildman–Crippen LogP) is 4.05. The maximum atomic E-state index is 4.90. The summed E-state index contributed by atoms with van der Waals surface area (Å²) in [5, 5.41) is 9.76. The van der Waals surface area contributed by atoms with Crippen LogP contribution in [0.25, 0.3) is 10.9 Å². The molecule has 0 spiro atoms. The van der Waals surface area contributed by atoms with E-state index in [0.717, 1.165) is 25.3 Å². The van der Waals surface area contributed by atoms with Crippen LogP contribution in [0.1, 0.15) is 46.0 Å². The summed E-state index contributed by atoms with van der Waals surface area (Å²) in [4.78, 5) is 4.91. The van der Waals surface area contributed by atoms with E-state index >= 15 is 0 Å². The highest BCUT2D eigenvalue weighted by molar-refractivity contribution is 5.90. The highest BCUT2D eigenvalue weighted by Crippen LogP contribution is 2.23. The molecule has 0 amide bonds. The van der Waals surface area contributed by atoms with Crippen LogP contribution in [0.2, 0.25) is 0 Å². The van der Waals surface area contributed by atoms with Crippen molar-refractivity contribution in [2.75, 3.05) is 39.0 Å². The van der Waals surface area contributed by atoms with E-state index in [4.69, 9.17) is 5.10 Å². The molecule has 0 bridgehead atoms. The Morgan fingerprint density at radius 2 is 1.81 bits per heavy atom. The van der Waals surface area contributed by atoms with Crippen LogP contribution in [-0.4, -0.2) is 65.4 Å². The van der Waals surface area contributed by atoms with Gasteiger partial charge in [-0.25, -0.2) is 0 Å². The van der Waals surface area contributed by atoms with Crippen LogP contribution in [0.3, 0.4) is 0 Å². The molecule has 1 fully saturated rings. The van der Waals surface area contributed by atoms with E-state index in [1.165, 1.54) is 49.7 Å². The van der Waals surface area contributed by atoms with Crippen molar-refractivity contribution in [2.45, 2.75) is 64.6 Å². The zero-order valence-electron chi connectivity index (χ0n) is 17.6. The summed E-state index contributed by atoms with van der Waals surface area (Å²) in [6.45, 7) is 9.10. The molecule has 2 atom stereocenters. The van der Waals surface area contributed by atoms with Crippen molar-refractivity contribution in [2.24, 2.45) is 0 Å². The number of nitrogens with one attached hydrogen (secondary N) is 1. The van der Waals surface area contributed by atoms with Crippen LogP contribution < -0.4 is 5.32 Å². The lowest BCUT2D eigenvalue weighted by atomic mass is 10.1. The second-order valence-corrected chi connectivity index (χ2v) is 8.35. The molecule has 1 aliphatic rings. The highest BCUT2D eigenvalue weighted by atomic mass is 15.3. The molecule has 1 N–H and O–H groups in total. The van der Waals surface area contributed by atoms with Crippen molar-refractivity contribution < 1.29 is 0 Å². The molecular formula is C22H37N5. The van der Waals surface area contributed by atoms with Crippen LogP contribution in [0.5, 0.6) is 0 Å². The van der Waals surface area contributed by atoms with E-state index in [0.29, 0.717) is 12.1 Å². The molecule has 1 aromatic heterocycles. The number of aromatic nitrogens is 2. The Kier molecular flexibility index (Phi) is 7.13. The predicted molar refractivity (Wildman–Crippen MR) is 115 cm³/mol. The third-order valence-corrected chi connectivity index (χ3v) is 6.17. The Morgan fingerprint density at radius 3 is 2.56 bits per heavy atom. The number of hydrogen-bond acceptors (Lipinski definition) is 4. The lowest BCUT2D eigenvalue weighted by Gasteiger charge is -2.32. The monoisotopic (exact) mass is 371 g/mol. The molecule has 2 heterocycles. The lowest BCUT2D eigenvalue weighted by molar-refractivity contribution is 0.169. The molecule has 1 aliphatic heterocycles. The number of aryl methyl sites for hydroxylation is 1. The van der Waals surface area contributed by atoms with E-state index in [1.54, 1.807) is 0 Å². The molecule has 3 rings (SSSR count). The average Bonchev–Trinajstić information content (AvgIpc) is 3.04. The summed E-state index contributed by atoms with van der Waals surface area (Å²) in [6.07, 6.45) is 6.39. The van der Waals surface area contributed by atoms with Crippen molar-refractivity contribution >= 4 is 16.7 Å². The van der Waals surface area contributed by atoms with Crippen molar-refractivity contribution in [3.63, 3.8) is 0 Å². The van der Waals surface area contributed by atoms with Crippen LogP contribution in [0.4, 0.5) is 5.82 Å². The quantitative estimate of drug-likeness (QED) is 0.721. The number of hydrogen-bond donors (Lipinski definition) is 1. The fourth-order valence-corrected chi connectivity index (χ4v) is 3.94. The van der Waals surface area contributed by atoms with Gasteiger partial charge in [0.15, 0.2) is 5.82 Å². The molecule has 0 aliphatic carbocycles. The minimum atomic E-state index is 0.551. The summed E-state index contributed by atoms with van der Waals surface area (Å²) >= 11 is 0. The Hall–Kier alpha value is -1.59. The maximum absolute atomic E-state index is 4.90. The third kappa shape index (κ3) is 5.23. The number of fused-ring (bicyclic) bond motifs is 1. The fraction of sp³-hybridized carbons (Fsp3) is 0.682. The Morgan fingerprint density at radius 1 is 1.07 bits per heavy atom. The first-order chi connectivity index (χ1) is 13.1. The number of rotatable bonds is 9. The van der Waals surface area contributed by atoms with Crippen molar-refractivity contribution in [3.05, 3.63) is 24.3 Å². The average molecular weight is 372 g/mol. The first-order valence-corrected chi connectivity index (χ1v) is 10.7. The molecule has 27 heavy (non-hydrogen) atoms.